The van der Waals surface area contributed by atoms with E-state index in [9.17, 15) is 19.2 Å². The van der Waals surface area contributed by atoms with Crippen LogP contribution in [0.1, 0.15) is 16.1 Å². The Bertz CT molecular complexity index is 1760. The highest BCUT2D eigenvalue weighted by molar-refractivity contribution is 6.15. The molecule has 0 aliphatic carbocycles. The molecular formula is C27H22N4O5. The van der Waals surface area contributed by atoms with Crippen LogP contribution in [0.15, 0.2) is 82.5 Å². The summed E-state index contributed by atoms with van der Waals surface area (Å²) in [6.07, 6.45) is 1.78. The third-order valence-electron chi connectivity index (χ3n) is 6.10. The number of hydrogen-bond acceptors (Lipinski definition) is 5. The number of carbonyl (C=O) groups is 2. The van der Waals surface area contributed by atoms with Crippen LogP contribution in [0.2, 0.25) is 0 Å². The fraction of sp³-hybridized carbons (Fsp3) is 0.111. The van der Waals surface area contributed by atoms with Crippen molar-refractivity contribution in [2.75, 3.05) is 14.2 Å². The number of H-pyrrole nitrogens is 1. The maximum absolute atomic E-state index is 14.0. The molecule has 0 aliphatic rings. The quantitative estimate of drug-likeness (QED) is 0.361. The predicted molar refractivity (Wildman–Crippen MR) is 136 cm³/mol. The molecule has 0 atom stereocenters. The van der Waals surface area contributed by atoms with Crippen molar-refractivity contribution in [3.05, 3.63) is 105 Å². The highest BCUT2D eigenvalue weighted by Gasteiger charge is 2.26. The molecule has 0 bridgehead atoms. The van der Waals surface area contributed by atoms with Crippen molar-refractivity contribution in [3.8, 4) is 16.9 Å². The maximum atomic E-state index is 14.0. The van der Waals surface area contributed by atoms with Gasteiger partial charge in [-0.05, 0) is 35.9 Å². The Morgan fingerprint density at radius 3 is 2.47 bits per heavy atom. The average molecular weight is 482 g/mol. The van der Waals surface area contributed by atoms with Gasteiger partial charge in [-0.1, -0.05) is 36.4 Å². The minimum atomic E-state index is -0.705. The molecule has 36 heavy (non-hydrogen) atoms. The Kier molecular flexibility index (Phi) is 5.73. The number of hydrogen-bond donors (Lipinski definition) is 2. The number of rotatable bonds is 6. The number of likely N-dealkylation sites (N-methyl/N-ethyl adjacent to an activating group) is 1. The van der Waals surface area contributed by atoms with E-state index in [1.54, 1.807) is 23.8 Å². The largest absolute Gasteiger partial charge is 0.494 e. The van der Waals surface area contributed by atoms with Crippen LogP contribution in [0.3, 0.4) is 0 Å². The first-order chi connectivity index (χ1) is 17.4. The van der Waals surface area contributed by atoms with Gasteiger partial charge < -0.3 is 19.4 Å². The van der Waals surface area contributed by atoms with E-state index < -0.39 is 23.7 Å². The van der Waals surface area contributed by atoms with Crippen LogP contribution in [0.4, 0.5) is 0 Å². The van der Waals surface area contributed by atoms with Crippen molar-refractivity contribution in [2.45, 2.75) is 6.54 Å². The van der Waals surface area contributed by atoms with Gasteiger partial charge in [-0.25, -0.2) is 4.79 Å². The molecule has 3 heterocycles. The molecule has 0 saturated carbocycles. The third kappa shape index (κ3) is 3.67. The van der Waals surface area contributed by atoms with Crippen molar-refractivity contribution in [1.82, 2.24) is 19.3 Å². The number of methoxy groups -OCH3 is 1. The number of carbonyl (C=O) groups excluding carboxylic acids is 2. The van der Waals surface area contributed by atoms with Crippen LogP contribution in [0.25, 0.3) is 27.5 Å². The summed E-state index contributed by atoms with van der Waals surface area (Å²) in [5, 5.41) is 2.52. The Balaban J connectivity index is 1.74. The highest BCUT2D eigenvalue weighted by atomic mass is 16.5. The van der Waals surface area contributed by atoms with Gasteiger partial charge in [-0.3, -0.25) is 19.0 Å². The fourth-order valence-electron chi connectivity index (χ4n) is 4.38. The molecule has 3 aromatic heterocycles. The molecular weight excluding hydrogens is 460 g/mol. The zero-order valence-corrected chi connectivity index (χ0v) is 19.6. The molecule has 0 spiro atoms. The van der Waals surface area contributed by atoms with Gasteiger partial charge in [0.05, 0.1) is 29.1 Å². The van der Waals surface area contributed by atoms with Crippen LogP contribution in [0, 0.1) is 0 Å². The molecule has 2 aromatic carbocycles. The summed E-state index contributed by atoms with van der Waals surface area (Å²) in [6, 6.07) is 19.5. The fourth-order valence-corrected chi connectivity index (χ4v) is 4.38. The Labute approximate surface area is 204 Å². The van der Waals surface area contributed by atoms with E-state index in [0.717, 1.165) is 15.6 Å². The predicted octanol–water partition coefficient (Wildman–Crippen LogP) is 2.60. The van der Waals surface area contributed by atoms with Gasteiger partial charge in [-0.15, -0.1) is 0 Å². The highest BCUT2D eigenvalue weighted by Crippen LogP contribution is 2.40. The molecule has 5 aromatic rings. The molecule has 180 valence electrons. The van der Waals surface area contributed by atoms with E-state index in [4.69, 9.17) is 4.74 Å². The van der Waals surface area contributed by atoms with Gasteiger partial charge >= 0.3 is 5.69 Å². The van der Waals surface area contributed by atoms with Crippen molar-refractivity contribution >= 4 is 28.1 Å². The van der Waals surface area contributed by atoms with Crippen LogP contribution < -0.4 is 21.3 Å². The van der Waals surface area contributed by atoms with Crippen molar-refractivity contribution in [1.29, 1.82) is 0 Å². The lowest BCUT2D eigenvalue weighted by atomic mass is 9.98. The summed E-state index contributed by atoms with van der Waals surface area (Å²) in [6.45, 7) is -0.433. The number of ether oxygens (including phenoxy) is 1. The van der Waals surface area contributed by atoms with Crippen molar-refractivity contribution < 1.29 is 14.3 Å². The van der Waals surface area contributed by atoms with Gasteiger partial charge in [0.1, 0.15) is 12.2 Å². The van der Waals surface area contributed by atoms with Crippen LogP contribution >= 0.6 is 0 Å². The summed E-state index contributed by atoms with van der Waals surface area (Å²) in [7, 11) is 2.98. The molecule has 0 fully saturated rings. The maximum Gasteiger partial charge on any atom is 0.329 e. The number of nitrogens with zero attached hydrogens (tertiary/aromatic N) is 2. The van der Waals surface area contributed by atoms with Gasteiger partial charge in [0.15, 0.2) is 5.75 Å². The first-order valence-corrected chi connectivity index (χ1v) is 11.2. The van der Waals surface area contributed by atoms with Crippen molar-refractivity contribution in [3.63, 3.8) is 0 Å². The monoisotopic (exact) mass is 482 g/mol. The minimum Gasteiger partial charge on any atom is -0.494 e. The number of amides is 1. The Morgan fingerprint density at radius 2 is 1.75 bits per heavy atom. The van der Waals surface area contributed by atoms with Crippen LogP contribution in [0.5, 0.6) is 5.75 Å². The summed E-state index contributed by atoms with van der Waals surface area (Å²) in [5.74, 6) is -0.264. The number of fused-ring (bicyclic) bond motifs is 2. The molecule has 0 radical (unpaired) electrons. The van der Waals surface area contributed by atoms with Gasteiger partial charge in [-0.2, -0.15) is 0 Å². The van der Waals surface area contributed by atoms with E-state index >= 15 is 0 Å². The molecule has 2 N–H and O–H groups in total. The average Bonchev–Trinajstić information content (AvgIpc) is 3.25. The van der Waals surface area contributed by atoms with Crippen LogP contribution in [-0.2, 0) is 11.3 Å². The number of nitrogens with one attached hydrogen (secondary N) is 2. The number of aromatic nitrogens is 3. The molecule has 9 heteroatoms. The number of benzene rings is 2. The second-order valence-corrected chi connectivity index (χ2v) is 8.16. The molecule has 0 aliphatic heterocycles. The second-order valence-electron chi connectivity index (χ2n) is 8.16. The topological polar surface area (TPSA) is 115 Å². The lowest BCUT2D eigenvalue weighted by Gasteiger charge is -2.09. The van der Waals surface area contributed by atoms with E-state index in [2.05, 4.69) is 10.3 Å². The summed E-state index contributed by atoms with van der Waals surface area (Å²) < 4.78 is 8.32. The zero-order chi connectivity index (χ0) is 25.4. The minimum absolute atomic E-state index is 0.124. The SMILES string of the molecule is CNC(=O)Cn1c(=O)[nH]c2ccc(C(=O)c3c(-c4ccccc4)c(OC)c4ccccn34)cc2c1=O. The molecule has 9 nitrogen and oxygen atoms in total. The van der Waals surface area contributed by atoms with Gasteiger partial charge in [0, 0.05) is 18.8 Å². The molecule has 5 rings (SSSR count). The van der Waals surface area contributed by atoms with E-state index in [1.807, 2.05) is 48.5 Å². The summed E-state index contributed by atoms with van der Waals surface area (Å²) in [5.41, 5.74) is 1.70. The second kappa shape index (κ2) is 9.03. The third-order valence-corrected chi connectivity index (χ3v) is 6.10. The van der Waals surface area contributed by atoms with Gasteiger partial charge in [0.25, 0.3) is 5.56 Å². The normalized spacial score (nSPS) is 11.1. The zero-order valence-electron chi connectivity index (χ0n) is 19.6. The Morgan fingerprint density at radius 1 is 1.00 bits per heavy atom. The van der Waals surface area contributed by atoms with Gasteiger partial charge in [0.2, 0.25) is 11.7 Å². The first-order valence-electron chi connectivity index (χ1n) is 11.2. The molecule has 1 amide bonds. The lowest BCUT2D eigenvalue weighted by Crippen LogP contribution is -2.39. The number of aromatic amines is 1. The smallest absolute Gasteiger partial charge is 0.329 e. The van der Waals surface area contributed by atoms with E-state index in [-0.39, 0.29) is 22.2 Å². The van der Waals surface area contributed by atoms with E-state index in [0.29, 0.717) is 17.0 Å². The standard InChI is InChI=1S/C27H22N4O5/c1-28-21(32)15-31-26(34)18-14-17(11-12-19(18)29-27(31)35)24(33)23-22(16-8-4-3-5-9-16)25(36-2)20-10-6-7-13-30(20)23/h3-14H,15H2,1-2H3,(H,28,32)(H,29,35). The molecule has 0 unspecified atom stereocenters. The van der Waals surface area contributed by atoms with E-state index in [1.165, 1.54) is 19.2 Å². The lowest BCUT2D eigenvalue weighted by molar-refractivity contribution is -0.121. The van der Waals surface area contributed by atoms with Crippen LogP contribution in [-0.4, -0.2) is 39.8 Å². The number of ketones is 1. The number of pyridine rings is 1. The first kappa shape index (κ1) is 22.9. The van der Waals surface area contributed by atoms with Crippen molar-refractivity contribution in [2.24, 2.45) is 0 Å². The summed E-state index contributed by atoms with van der Waals surface area (Å²) in [4.78, 5) is 53.9. The Hall–Kier alpha value is -4.92. The summed E-state index contributed by atoms with van der Waals surface area (Å²) >= 11 is 0. The molecule has 0 saturated heterocycles.